The van der Waals surface area contributed by atoms with Crippen molar-refractivity contribution in [3.63, 3.8) is 0 Å². The summed E-state index contributed by atoms with van der Waals surface area (Å²) < 4.78 is 0. The molecule has 1 aliphatic heterocycles. The quantitative estimate of drug-likeness (QED) is 0.889. The minimum Gasteiger partial charge on any atom is -0.342 e. The maximum atomic E-state index is 12.3. The summed E-state index contributed by atoms with van der Waals surface area (Å²) in [6.45, 7) is 0. The third-order valence-corrected chi connectivity index (χ3v) is 4.49. The second-order valence-electron chi connectivity index (χ2n) is 6.03. The van der Waals surface area contributed by atoms with Gasteiger partial charge in [-0.1, -0.05) is 38.2 Å². The number of rotatable bonds is 3. The fraction of sp³-hybridized carbons (Fsp3) is 0.562. The standard InChI is InChI=1S/C16H21N3O2/c20-15-13(9-11-5-2-1-3-6-11)18-16(21)14(19-15)12-7-4-8-17-10-12/h4,7-8,10-11,13-14H,1-3,5-6,9H2,(H,18,21)(H,19,20)/t13-,14?/m0/s1. The van der Waals surface area contributed by atoms with Gasteiger partial charge in [0.2, 0.25) is 11.8 Å². The van der Waals surface area contributed by atoms with Gasteiger partial charge in [0.25, 0.3) is 0 Å². The van der Waals surface area contributed by atoms with Crippen LogP contribution in [0.1, 0.15) is 50.1 Å². The van der Waals surface area contributed by atoms with Gasteiger partial charge in [-0.3, -0.25) is 14.6 Å². The number of amides is 2. The van der Waals surface area contributed by atoms with Crippen molar-refractivity contribution in [2.45, 2.75) is 50.6 Å². The molecule has 3 rings (SSSR count). The molecular weight excluding hydrogens is 266 g/mol. The SMILES string of the molecule is O=C1N[C@@H](CC2CCCCC2)C(=O)NC1c1cccnc1. The number of piperazine rings is 1. The van der Waals surface area contributed by atoms with Crippen molar-refractivity contribution in [2.75, 3.05) is 0 Å². The lowest BCUT2D eigenvalue weighted by molar-refractivity contribution is -0.137. The Balaban J connectivity index is 1.64. The highest BCUT2D eigenvalue weighted by atomic mass is 16.2. The molecule has 1 aromatic rings. The van der Waals surface area contributed by atoms with E-state index in [9.17, 15) is 9.59 Å². The first-order valence-corrected chi connectivity index (χ1v) is 7.75. The predicted molar refractivity (Wildman–Crippen MR) is 78.2 cm³/mol. The van der Waals surface area contributed by atoms with Crippen LogP contribution in [0.5, 0.6) is 0 Å². The molecule has 1 aliphatic carbocycles. The van der Waals surface area contributed by atoms with Crippen LogP contribution in [0.2, 0.25) is 0 Å². The van der Waals surface area contributed by atoms with Crippen molar-refractivity contribution in [1.29, 1.82) is 0 Å². The predicted octanol–water partition coefficient (Wildman–Crippen LogP) is 1.71. The molecule has 5 heteroatoms. The van der Waals surface area contributed by atoms with E-state index in [4.69, 9.17) is 0 Å². The number of carbonyl (C=O) groups excluding carboxylic acids is 2. The lowest BCUT2D eigenvalue weighted by atomic mass is 9.84. The Bertz CT molecular complexity index is 512. The number of nitrogens with one attached hydrogen (secondary N) is 2. The summed E-state index contributed by atoms with van der Waals surface area (Å²) in [6, 6.07) is 2.57. The molecule has 2 fully saturated rings. The minimum absolute atomic E-state index is 0.0750. The van der Waals surface area contributed by atoms with E-state index in [0.29, 0.717) is 5.92 Å². The van der Waals surface area contributed by atoms with Crippen molar-refractivity contribution < 1.29 is 9.59 Å². The van der Waals surface area contributed by atoms with E-state index in [1.807, 2.05) is 0 Å². The van der Waals surface area contributed by atoms with Crippen LogP contribution in [0.25, 0.3) is 0 Å². The smallest absolute Gasteiger partial charge is 0.247 e. The van der Waals surface area contributed by atoms with Gasteiger partial charge >= 0.3 is 0 Å². The maximum Gasteiger partial charge on any atom is 0.247 e. The first kappa shape index (κ1) is 14.0. The van der Waals surface area contributed by atoms with Gasteiger partial charge in [-0.05, 0) is 18.4 Å². The molecule has 2 aliphatic rings. The summed E-state index contributed by atoms with van der Waals surface area (Å²) in [4.78, 5) is 28.5. The summed E-state index contributed by atoms with van der Waals surface area (Å²) in [6.07, 6.45) is 10.2. The Morgan fingerprint density at radius 1 is 1.10 bits per heavy atom. The fourth-order valence-electron chi connectivity index (χ4n) is 3.33. The number of aromatic nitrogens is 1. The van der Waals surface area contributed by atoms with Crippen LogP contribution in [0.3, 0.4) is 0 Å². The van der Waals surface area contributed by atoms with Gasteiger partial charge < -0.3 is 10.6 Å². The fourth-order valence-corrected chi connectivity index (χ4v) is 3.33. The van der Waals surface area contributed by atoms with E-state index in [2.05, 4.69) is 15.6 Å². The topological polar surface area (TPSA) is 71.1 Å². The van der Waals surface area contributed by atoms with E-state index in [0.717, 1.165) is 12.0 Å². The van der Waals surface area contributed by atoms with Crippen LogP contribution in [-0.4, -0.2) is 22.8 Å². The molecule has 1 saturated heterocycles. The number of hydrogen-bond acceptors (Lipinski definition) is 3. The molecule has 5 nitrogen and oxygen atoms in total. The van der Waals surface area contributed by atoms with Crippen LogP contribution >= 0.6 is 0 Å². The molecule has 2 heterocycles. The van der Waals surface area contributed by atoms with Crippen LogP contribution in [-0.2, 0) is 9.59 Å². The molecule has 2 atom stereocenters. The lowest BCUT2D eigenvalue weighted by Crippen LogP contribution is -2.58. The zero-order chi connectivity index (χ0) is 14.7. The van der Waals surface area contributed by atoms with Crippen molar-refractivity contribution in [2.24, 2.45) is 5.92 Å². The highest BCUT2D eigenvalue weighted by Crippen LogP contribution is 2.28. The van der Waals surface area contributed by atoms with Gasteiger partial charge in [-0.25, -0.2) is 0 Å². The second kappa shape index (κ2) is 6.24. The summed E-state index contributed by atoms with van der Waals surface area (Å²) in [7, 11) is 0. The summed E-state index contributed by atoms with van der Waals surface area (Å²) in [5.74, 6) is 0.349. The molecule has 0 spiro atoms. The van der Waals surface area contributed by atoms with Crippen molar-refractivity contribution in [1.82, 2.24) is 15.6 Å². The van der Waals surface area contributed by atoms with Crippen molar-refractivity contribution >= 4 is 11.8 Å². The first-order valence-electron chi connectivity index (χ1n) is 7.75. The Labute approximate surface area is 124 Å². The van der Waals surface area contributed by atoms with Crippen molar-refractivity contribution in [3.8, 4) is 0 Å². The van der Waals surface area contributed by atoms with Gasteiger partial charge in [0, 0.05) is 18.0 Å². The molecule has 1 aromatic heterocycles. The normalized spacial score (nSPS) is 27.0. The third-order valence-electron chi connectivity index (χ3n) is 4.49. The Morgan fingerprint density at radius 3 is 2.62 bits per heavy atom. The molecule has 2 N–H and O–H groups in total. The first-order chi connectivity index (χ1) is 10.2. The van der Waals surface area contributed by atoms with E-state index in [1.54, 1.807) is 24.5 Å². The van der Waals surface area contributed by atoms with Gasteiger partial charge in [0.05, 0.1) is 0 Å². The molecule has 1 saturated carbocycles. The molecule has 0 bridgehead atoms. The Morgan fingerprint density at radius 2 is 1.90 bits per heavy atom. The lowest BCUT2D eigenvalue weighted by Gasteiger charge is -2.32. The summed E-state index contributed by atoms with van der Waals surface area (Å²) in [5, 5.41) is 5.71. The van der Waals surface area contributed by atoms with E-state index < -0.39 is 6.04 Å². The zero-order valence-corrected chi connectivity index (χ0v) is 12.0. The Hall–Kier alpha value is -1.91. The Kier molecular flexibility index (Phi) is 4.18. The molecule has 112 valence electrons. The average Bonchev–Trinajstić information content (AvgIpc) is 2.52. The van der Waals surface area contributed by atoms with Crippen LogP contribution < -0.4 is 10.6 Å². The molecule has 0 radical (unpaired) electrons. The highest BCUT2D eigenvalue weighted by molar-refractivity contribution is 5.97. The maximum absolute atomic E-state index is 12.3. The highest BCUT2D eigenvalue weighted by Gasteiger charge is 2.35. The average molecular weight is 287 g/mol. The summed E-state index contributed by atoms with van der Waals surface area (Å²) in [5.41, 5.74) is 0.722. The third kappa shape index (κ3) is 3.23. The van der Waals surface area contributed by atoms with Crippen LogP contribution in [0, 0.1) is 5.92 Å². The number of hydrogen-bond donors (Lipinski definition) is 2. The molecular formula is C16H21N3O2. The number of nitrogens with zero attached hydrogens (tertiary/aromatic N) is 1. The van der Waals surface area contributed by atoms with Gasteiger partial charge in [-0.2, -0.15) is 0 Å². The molecule has 21 heavy (non-hydrogen) atoms. The van der Waals surface area contributed by atoms with E-state index in [1.165, 1.54) is 32.1 Å². The minimum atomic E-state index is -0.617. The molecule has 0 aromatic carbocycles. The van der Waals surface area contributed by atoms with Crippen LogP contribution in [0.15, 0.2) is 24.5 Å². The second-order valence-corrected chi connectivity index (χ2v) is 6.03. The molecule has 1 unspecified atom stereocenters. The monoisotopic (exact) mass is 287 g/mol. The largest absolute Gasteiger partial charge is 0.342 e. The van der Waals surface area contributed by atoms with E-state index >= 15 is 0 Å². The summed E-state index contributed by atoms with van der Waals surface area (Å²) >= 11 is 0. The van der Waals surface area contributed by atoms with E-state index in [-0.39, 0.29) is 17.9 Å². The molecule has 2 amide bonds. The number of pyridine rings is 1. The van der Waals surface area contributed by atoms with Gasteiger partial charge in [-0.15, -0.1) is 0 Å². The van der Waals surface area contributed by atoms with Gasteiger partial charge in [0.15, 0.2) is 0 Å². The zero-order valence-electron chi connectivity index (χ0n) is 12.0. The van der Waals surface area contributed by atoms with Gasteiger partial charge in [0.1, 0.15) is 12.1 Å². The van der Waals surface area contributed by atoms with Crippen LogP contribution in [0.4, 0.5) is 0 Å². The number of carbonyl (C=O) groups is 2. The van der Waals surface area contributed by atoms with Crippen molar-refractivity contribution in [3.05, 3.63) is 30.1 Å².